The minimum atomic E-state index is -0.998. The summed E-state index contributed by atoms with van der Waals surface area (Å²) in [5, 5.41) is 2.80. The summed E-state index contributed by atoms with van der Waals surface area (Å²) in [5.41, 5.74) is 0. The number of rotatable bonds is 5. The van der Waals surface area contributed by atoms with Gasteiger partial charge in [0.05, 0.1) is 32.2 Å². The molecule has 0 radical (unpaired) electrons. The van der Waals surface area contributed by atoms with Crippen LogP contribution in [0.3, 0.4) is 0 Å². The van der Waals surface area contributed by atoms with Gasteiger partial charge in [0.15, 0.2) is 0 Å². The fourth-order valence-corrected chi connectivity index (χ4v) is 1.70. The van der Waals surface area contributed by atoms with Crippen molar-refractivity contribution in [2.45, 2.75) is 11.8 Å². The van der Waals surface area contributed by atoms with E-state index in [-0.39, 0.29) is 11.8 Å². The summed E-state index contributed by atoms with van der Waals surface area (Å²) in [4.78, 5) is 12.0. The highest BCUT2D eigenvalue weighted by molar-refractivity contribution is 6.39. The number of ether oxygens (including phenoxy) is 1. The molecule has 1 heterocycles. The molecule has 1 saturated heterocycles. The molecule has 0 saturated carbocycles. The van der Waals surface area contributed by atoms with Crippen molar-refractivity contribution >= 4 is 29.1 Å². The molecule has 6 heteroatoms. The minimum Gasteiger partial charge on any atom is -0.370 e. The molecule has 1 atom stereocenters. The van der Waals surface area contributed by atoms with Gasteiger partial charge in [0.1, 0.15) is 18.0 Å². The molecule has 1 rings (SSSR count). The lowest BCUT2D eigenvalue weighted by atomic mass is 10.2. The van der Waals surface area contributed by atoms with Crippen molar-refractivity contribution < 1.29 is 14.4 Å². The van der Waals surface area contributed by atoms with Gasteiger partial charge in [0.25, 0.3) is 0 Å². The Labute approximate surface area is 106 Å². The van der Waals surface area contributed by atoms with Crippen molar-refractivity contribution in [1.29, 1.82) is 0 Å². The lowest BCUT2D eigenvalue weighted by Crippen LogP contribution is -3.14. The van der Waals surface area contributed by atoms with E-state index in [0.29, 0.717) is 6.54 Å². The SMILES string of the molecule is C[C@@](Cl)(CCl)C(=O)NCC[NH+]1CCOCC1. The number of alkyl halides is 2. The topological polar surface area (TPSA) is 42.8 Å². The van der Waals surface area contributed by atoms with Crippen LogP contribution >= 0.6 is 23.2 Å². The molecule has 94 valence electrons. The molecule has 2 N–H and O–H groups in total. The monoisotopic (exact) mass is 269 g/mol. The highest BCUT2D eigenvalue weighted by atomic mass is 35.5. The number of amides is 1. The van der Waals surface area contributed by atoms with E-state index in [1.54, 1.807) is 6.92 Å². The molecular formula is C10H19Cl2N2O2+. The van der Waals surface area contributed by atoms with Crippen LogP contribution in [0.15, 0.2) is 0 Å². The Morgan fingerprint density at radius 2 is 2.12 bits per heavy atom. The summed E-state index contributed by atoms with van der Waals surface area (Å²) in [5.74, 6) is -0.0815. The average Bonchev–Trinajstić information content (AvgIpc) is 2.30. The van der Waals surface area contributed by atoms with E-state index in [1.165, 1.54) is 4.90 Å². The second kappa shape index (κ2) is 6.64. The first-order valence-corrected chi connectivity index (χ1v) is 6.42. The van der Waals surface area contributed by atoms with Crippen LogP contribution in [0, 0.1) is 0 Å². The number of carbonyl (C=O) groups excluding carboxylic acids is 1. The molecule has 1 aliphatic heterocycles. The van der Waals surface area contributed by atoms with E-state index >= 15 is 0 Å². The van der Waals surface area contributed by atoms with E-state index in [1.807, 2.05) is 0 Å². The third-order valence-electron chi connectivity index (χ3n) is 2.69. The highest BCUT2D eigenvalue weighted by Gasteiger charge is 2.29. The molecule has 1 amide bonds. The van der Waals surface area contributed by atoms with Gasteiger partial charge >= 0.3 is 0 Å². The summed E-state index contributed by atoms with van der Waals surface area (Å²) in [6, 6.07) is 0. The maximum Gasteiger partial charge on any atom is 0.242 e. The van der Waals surface area contributed by atoms with Crippen molar-refractivity contribution in [2.75, 3.05) is 45.3 Å². The van der Waals surface area contributed by atoms with Gasteiger partial charge in [-0.05, 0) is 6.92 Å². The predicted molar refractivity (Wildman–Crippen MR) is 64.4 cm³/mol. The lowest BCUT2D eigenvalue weighted by Gasteiger charge is -2.24. The first-order valence-electron chi connectivity index (χ1n) is 5.51. The Bertz CT molecular complexity index is 231. The zero-order valence-electron chi connectivity index (χ0n) is 9.52. The number of hydrogen-bond donors (Lipinski definition) is 2. The number of nitrogens with one attached hydrogen (secondary N) is 2. The van der Waals surface area contributed by atoms with Gasteiger partial charge in [0, 0.05) is 0 Å². The molecule has 0 aromatic heterocycles. The van der Waals surface area contributed by atoms with Gasteiger partial charge in [-0.2, -0.15) is 0 Å². The average molecular weight is 270 g/mol. The molecular weight excluding hydrogens is 251 g/mol. The minimum absolute atomic E-state index is 0.116. The summed E-state index contributed by atoms with van der Waals surface area (Å²) in [6.45, 7) is 6.78. The van der Waals surface area contributed by atoms with Crippen LogP contribution in [-0.2, 0) is 9.53 Å². The molecule has 0 unspecified atom stereocenters. The van der Waals surface area contributed by atoms with Crippen molar-refractivity contribution in [1.82, 2.24) is 5.32 Å². The maximum atomic E-state index is 11.6. The molecule has 16 heavy (non-hydrogen) atoms. The lowest BCUT2D eigenvalue weighted by molar-refractivity contribution is -0.906. The summed E-state index contributed by atoms with van der Waals surface area (Å²) in [7, 11) is 0. The summed E-state index contributed by atoms with van der Waals surface area (Å²) < 4.78 is 5.25. The summed E-state index contributed by atoms with van der Waals surface area (Å²) >= 11 is 11.5. The van der Waals surface area contributed by atoms with Gasteiger partial charge in [-0.25, -0.2) is 0 Å². The number of morpholine rings is 1. The van der Waals surface area contributed by atoms with Crippen molar-refractivity contribution in [2.24, 2.45) is 0 Å². The van der Waals surface area contributed by atoms with Crippen LogP contribution in [0.1, 0.15) is 6.92 Å². The number of hydrogen-bond acceptors (Lipinski definition) is 2. The Kier molecular flexibility index (Phi) is 5.83. The molecule has 0 aromatic carbocycles. The fraction of sp³-hybridized carbons (Fsp3) is 0.900. The standard InChI is InChI=1S/C10H18Cl2N2O2/c1-10(12,8-11)9(15)13-2-3-14-4-6-16-7-5-14/h2-8H2,1H3,(H,13,15)/p+1/t10-/m1/s1. The van der Waals surface area contributed by atoms with Crippen LogP contribution < -0.4 is 10.2 Å². The molecule has 1 aliphatic rings. The van der Waals surface area contributed by atoms with Crippen LogP contribution in [0.2, 0.25) is 0 Å². The molecule has 0 aromatic rings. The van der Waals surface area contributed by atoms with Gasteiger partial charge in [0.2, 0.25) is 5.91 Å². The van der Waals surface area contributed by atoms with E-state index < -0.39 is 4.87 Å². The van der Waals surface area contributed by atoms with Crippen LogP contribution in [0.5, 0.6) is 0 Å². The van der Waals surface area contributed by atoms with Gasteiger partial charge < -0.3 is 15.0 Å². The van der Waals surface area contributed by atoms with Crippen LogP contribution in [0.25, 0.3) is 0 Å². The molecule has 1 fully saturated rings. The van der Waals surface area contributed by atoms with Gasteiger partial charge in [-0.15, -0.1) is 23.2 Å². The van der Waals surface area contributed by atoms with E-state index in [4.69, 9.17) is 27.9 Å². The smallest absolute Gasteiger partial charge is 0.242 e. The molecule has 4 nitrogen and oxygen atoms in total. The number of halogens is 2. The van der Waals surface area contributed by atoms with E-state index in [0.717, 1.165) is 32.8 Å². The van der Waals surface area contributed by atoms with Crippen LogP contribution in [-0.4, -0.2) is 56.1 Å². The second-order valence-electron chi connectivity index (χ2n) is 4.20. The van der Waals surface area contributed by atoms with E-state index in [2.05, 4.69) is 5.32 Å². The highest BCUT2D eigenvalue weighted by Crippen LogP contribution is 2.15. The zero-order valence-corrected chi connectivity index (χ0v) is 11.0. The van der Waals surface area contributed by atoms with Gasteiger partial charge in [-0.1, -0.05) is 0 Å². The fourth-order valence-electron chi connectivity index (χ4n) is 1.51. The Morgan fingerprint density at radius 1 is 1.50 bits per heavy atom. The van der Waals surface area contributed by atoms with Crippen molar-refractivity contribution in [3.05, 3.63) is 0 Å². The number of quaternary nitrogens is 1. The largest absolute Gasteiger partial charge is 0.370 e. The second-order valence-corrected chi connectivity index (χ2v) is 5.30. The maximum absolute atomic E-state index is 11.6. The number of carbonyl (C=O) groups is 1. The predicted octanol–water partition coefficient (Wildman–Crippen LogP) is -0.746. The Balaban J connectivity index is 2.17. The van der Waals surface area contributed by atoms with Crippen molar-refractivity contribution in [3.8, 4) is 0 Å². The third kappa shape index (κ3) is 4.45. The quantitative estimate of drug-likeness (QED) is 0.646. The summed E-state index contributed by atoms with van der Waals surface area (Å²) in [6.07, 6.45) is 0. The first-order chi connectivity index (χ1) is 7.56. The zero-order chi connectivity index (χ0) is 12.0. The normalized spacial score (nSPS) is 21.4. The third-order valence-corrected chi connectivity index (χ3v) is 3.67. The Morgan fingerprint density at radius 3 is 2.69 bits per heavy atom. The molecule has 0 bridgehead atoms. The van der Waals surface area contributed by atoms with Crippen LogP contribution in [0.4, 0.5) is 0 Å². The first kappa shape index (κ1) is 14.0. The van der Waals surface area contributed by atoms with E-state index in [9.17, 15) is 4.79 Å². The molecule has 0 spiro atoms. The Hall–Kier alpha value is -0.0300. The van der Waals surface area contributed by atoms with Gasteiger partial charge in [-0.3, -0.25) is 4.79 Å². The molecule has 0 aliphatic carbocycles. The van der Waals surface area contributed by atoms with Crippen molar-refractivity contribution in [3.63, 3.8) is 0 Å².